The van der Waals surface area contributed by atoms with Crippen molar-refractivity contribution in [3.8, 4) is 0 Å². The summed E-state index contributed by atoms with van der Waals surface area (Å²) in [4.78, 5) is 2.36. The second kappa shape index (κ2) is 7.45. The lowest BCUT2D eigenvalue weighted by Crippen LogP contribution is -2.23. The molecule has 98 valence electrons. The van der Waals surface area contributed by atoms with Crippen LogP contribution in [0.25, 0.3) is 0 Å². The van der Waals surface area contributed by atoms with Gasteiger partial charge in [-0.25, -0.2) is 0 Å². The number of aryl methyl sites for hydroxylation is 2. The van der Waals surface area contributed by atoms with Crippen LogP contribution in [-0.4, -0.2) is 41.9 Å². The molecule has 1 N–H and O–H groups in total. The molecule has 0 aromatic carbocycles. The summed E-state index contributed by atoms with van der Waals surface area (Å²) in [6.45, 7) is 8.46. The summed E-state index contributed by atoms with van der Waals surface area (Å²) >= 11 is 0. The van der Waals surface area contributed by atoms with Gasteiger partial charge in [-0.2, -0.15) is 5.10 Å². The molecule has 1 aromatic rings. The molecule has 0 aliphatic rings. The van der Waals surface area contributed by atoms with Gasteiger partial charge in [-0.3, -0.25) is 4.68 Å². The summed E-state index contributed by atoms with van der Waals surface area (Å²) in [7, 11) is 4.17. The van der Waals surface area contributed by atoms with Crippen molar-refractivity contribution >= 4 is 0 Å². The molecule has 0 aliphatic carbocycles. The van der Waals surface area contributed by atoms with Gasteiger partial charge >= 0.3 is 0 Å². The highest BCUT2D eigenvalue weighted by molar-refractivity contribution is 5.10. The maximum absolute atomic E-state index is 4.57. The zero-order valence-electron chi connectivity index (χ0n) is 11.7. The number of hydrogen-bond acceptors (Lipinski definition) is 3. The van der Waals surface area contributed by atoms with Gasteiger partial charge in [-0.15, -0.1) is 0 Å². The van der Waals surface area contributed by atoms with E-state index in [0.29, 0.717) is 0 Å². The maximum atomic E-state index is 4.57. The van der Waals surface area contributed by atoms with Crippen molar-refractivity contribution in [3.05, 3.63) is 17.5 Å². The fourth-order valence-electron chi connectivity index (χ4n) is 1.97. The highest BCUT2D eigenvalue weighted by Crippen LogP contribution is 2.08. The first-order valence-corrected chi connectivity index (χ1v) is 6.60. The monoisotopic (exact) mass is 238 g/mol. The molecule has 1 aromatic heterocycles. The van der Waals surface area contributed by atoms with Crippen LogP contribution < -0.4 is 5.32 Å². The van der Waals surface area contributed by atoms with E-state index < -0.39 is 0 Å². The molecule has 4 heteroatoms. The van der Waals surface area contributed by atoms with Crippen LogP contribution in [0.2, 0.25) is 0 Å². The van der Waals surface area contributed by atoms with Gasteiger partial charge < -0.3 is 10.2 Å². The average molecular weight is 238 g/mol. The first-order chi connectivity index (χ1) is 8.21. The SMILES string of the molecule is CCc1cc(CN(C)CCCNC)n(CC)n1. The number of nitrogens with zero attached hydrogens (tertiary/aromatic N) is 3. The van der Waals surface area contributed by atoms with E-state index in [0.717, 1.165) is 32.6 Å². The average Bonchev–Trinajstić information content (AvgIpc) is 2.71. The van der Waals surface area contributed by atoms with Crippen molar-refractivity contribution in [1.29, 1.82) is 0 Å². The summed E-state index contributed by atoms with van der Waals surface area (Å²) in [5, 5.41) is 7.75. The molecule has 0 atom stereocenters. The van der Waals surface area contributed by atoms with Crippen molar-refractivity contribution in [2.75, 3.05) is 27.2 Å². The van der Waals surface area contributed by atoms with Gasteiger partial charge in [-0.05, 0) is 53.0 Å². The Morgan fingerprint density at radius 2 is 2.18 bits per heavy atom. The molecular formula is C13H26N4. The van der Waals surface area contributed by atoms with Crippen LogP contribution in [-0.2, 0) is 19.5 Å². The highest BCUT2D eigenvalue weighted by Gasteiger charge is 2.07. The minimum Gasteiger partial charge on any atom is -0.320 e. The van der Waals surface area contributed by atoms with Crippen LogP contribution in [0.1, 0.15) is 31.7 Å². The molecule has 1 heterocycles. The quantitative estimate of drug-likeness (QED) is 0.697. The molecule has 0 spiro atoms. The zero-order valence-corrected chi connectivity index (χ0v) is 11.7. The lowest BCUT2D eigenvalue weighted by atomic mass is 10.3. The Morgan fingerprint density at radius 1 is 1.41 bits per heavy atom. The third-order valence-corrected chi connectivity index (χ3v) is 2.97. The number of nitrogens with one attached hydrogen (secondary N) is 1. The highest BCUT2D eigenvalue weighted by atomic mass is 15.3. The largest absolute Gasteiger partial charge is 0.320 e. The molecule has 17 heavy (non-hydrogen) atoms. The fourth-order valence-corrected chi connectivity index (χ4v) is 1.97. The van der Waals surface area contributed by atoms with E-state index in [2.05, 4.69) is 47.0 Å². The maximum Gasteiger partial charge on any atom is 0.0625 e. The van der Waals surface area contributed by atoms with Gasteiger partial charge in [0, 0.05) is 13.1 Å². The van der Waals surface area contributed by atoms with Gasteiger partial charge in [0.2, 0.25) is 0 Å². The third-order valence-electron chi connectivity index (χ3n) is 2.97. The topological polar surface area (TPSA) is 33.1 Å². The number of rotatable bonds is 8. The Bertz CT molecular complexity index is 319. The standard InChI is InChI=1S/C13H26N4/c1-5-12-10-13(17(6-2)15-12)11-16(4)9-7-8-14-3/h10,14H,5-9,11H2,1-4H3. The van der Waals surface area contributed by atoms with E-state index in [1.165, 1.54) is 17.8 Å². The molecule has 0 unspecified atom stereocenters. The molecule has 0 aliphatic heterocycles. The first-order valence-electron chi connectivity index (χ1n) is 6.60. The molecule has 0 saturated carbocycles. The predicted octanol–water partition coefficient (Wildman–Crippen LogP) is 1.51. The second-order valence-electron chi connectivity index (χ2n) is 4.49. The first kappa shape index (κ1) is 14.2. The van der Waals surface area contributed by atoms with E-state index >= 15 is 0 Å². The molecule has 0 bridgehead atoms. The van der Waals surface area contributed by atoms with E-state index in [1.54, 1.807) is 0 Å². The van der Waals surface area contributed by atoms with Crippen molar-refractivity contribution in [2.24, 2.45) is 0 Å². The summed E-state index contributed by atoms with van der Waals surface area (Å²) in [5.41, 5.74) is 2.53. The molecular weight excluding hydrogens is 212 g/mol. The predicted molar refractivity (Wildman–Crippen MR) is 72.2 cm³/mol. The van der Waals surface area contributed by atoms with Crippen LogP contribution in [0.15, 0.2) is 6.07 Å². The molecule has 0 radical (unpaired) electrons. The summed E-state index contributed by atoms with van der Waals surface area (Å²) in [6, 6.07) is 2.23. The van der Waals surface area contributed by atoms with Gasteiger partial charge in [-0.1, -0.05) is 6.92 Å². The summed E-state index contributed by atoms with van der Waals surface area (Å²) in [6.07, 6.45) is 2.21. The van der Waals surface area contributed by atoms with Crippen LogP contribution in [0.3, 0.4) is 0 Å². The van der Waals surface area contributed by atoms with E-state index in [9.17, 15) is 0 Å². The Balaban J connectivity index is 2.51. The fraction of sp³-hybridized carbons (Fsp3) is 0.769. The van der Waals surface area contributed by atoms with Crippen LogP contribution in [0.5, 0.6) is 0 Å². The summed E-state index contributed by atoms with van der Waals surface area (Å²) in [5.74, 6) is 0. The molecule has 0 fully saturated rings. The number of hydrogen-bond donors (Lipinski definition) is 1. The molecule has 4 nitrogen and oxygen atoms in total. The van der Waals surface area contributed by atoms with Gasteiger partial charge in [0.1, 0.15) is 0 Å². The van der Waals surface area contributed by atoms with E-state index in [4.69, 9.17) is 0 Å². The van der Waals surface area contributed by atoms with Crippen molar-refractivity contribution in [2.45, 2.75) is 39.8 Å². The minimum atomic E-state index is 0.958. The van der Waals surface area contributed by atoms with Crippen molar-refractivity contribution < 1.29 is 0 Å². The van der Waals surface area contributed by atoms with Crippen molar-refractivity contribution in [1.82, 2.24) is 20.0 Å². The Kier molecular flexibility index (Phi) is 6.22. The lowest BCUT2D eigenvalue weighted by Gasteiger charge is -2.16. The Hall–Kier alpha value is -0.870. The molecule has 0 amide bonds. The third kappa shape index (κ3) is 4.48. The minimum absolute atomic E-state index is 0.958. The smallest absolute Gasteiger partial charge is 0.0625 e. The van der Waals surface area contributed by atoms with Crippen LogP contribution in [0, 0.1) is 0 Å². The van der Waals surface area contributed by atoms with E-state index in [1.807, 2.05) is 7.05 Å². The van der Waals surface area contributed by atoms with Gasteiger partial charge in [0.05, 0.1) is 11.4 Å². The molecule has 1 rings (SSSR count). The van der Waals surface area contributed by atoms with Gasteiger partial charge in [0.25, 0.3) is 0 Å². The Labute approximate surface area is 105 Å². The Morgan fingerprint density at radius 3 is 2.76 bits per heavy atom. The number of aromatic nitrogens is 2. The molecule has 0 saturated heterocycles. The second-order valence-corrected chi connectivity index (χ2v) is 4.49. The summed E-state index contributed by atoms with van der Waals surface area (Å²) < 4.78 is 2.12. The van der Waals surface area contributed by atoms with Crippen molar-refractivity contribution in [3.63, 3.8) is 0 Å². The normalized spacial score (nSPS) is 11.4. The van der Waals surface area contributed by atoms with Crippen LogP contribution >= 0.6 is 0 Å². The zero-order chi connectivity index (χ0) is 12.7. The van der Waals surface area contributed by atoms with Crippen LogP contribution in [0.4, 0.5) is 0 Å². The van der Waals surface area contributed by atoms with Gasteiger partial charge in [0.15, 0.2) is 0 Å². The van der Waals surface area contributed by atoms with E-state index in [-0.39, 0.29) is 0 Å². The lowest BCUT2D eigenvalue weighted by molar-refractivity contribution is 0.310.